The van der Waals surface area contributed by atoms with Gasteiger partial charge in [-0.15, -0.1) is 0 Å². The predicted octanol–water partition coefficient (Wildman–Crippen LogP) is 2.51. The molecule has 112 valence electrons. The molecule has 0 aliphatic rings. The lowest BCUT2D eigenvalue weighted by atomic mass is 10.0. The van der Waals surface area contributed by atoms with Crippen molar-refractivity contribution in [3.63, 3.8) is 0 Å². The molecule has 4 N–H and O–H groups in total. The number of rotatable bonds is 6. The number of hydrogen-bond donors (Lipinski definition) is 3. The number of benzene rings is 1. The van der Waals surface area contributed by atoms with E-state index in [1.165, 1.54) is 6.33 Å². The molecule has 6 nitrogen and oxygen atoms in total. The lowest BCUT2D eigenvalue weighted by Crippen LogP contribution is -2.04. The van der Waals surface area contributed by atoms with E-state index < -0.39 is 0 Å². The van der Waals surface area contributed by atoms with Crippen molar-refractivity contribution in [2.75, 3.05) is 5.73 Å². The zero-order valence-corrected chi connectivity index (χ0v) is 12.2. The second kappa shape index (κ2) is 7.12. The van der Waals surface area contributed by atoms with E-state index in [2.05, 4.69) is 15.2 Å². The van der Waals surface area contributed by atoms with Crippen LogP contribution in [-0.4, -0.2) is 27.2 Å². The molecule has 0 bridgehead atoms. The Labute approximate surface area is 128 Å². The van der Waals surface area contributed by atoms with Gasteiger partial charge in [-0.3, -0.25) is 9.89 Å². The number of nitrogens with two attached hydrogens (primary N) is 1. The summed E-state index contributed by atoms with van der Waals surface area (Å²) in [4.78, 5) is 15.0. The van der Waals surface area contributed by atoms with Crippen LogP contribution in [0.1, 0.15) is 18.9 Å². The number of aldehydes is 1. The summed E-state index contributed by atoms with van der Waals surface area (Å²) < 4.78 is 0. The summed E-state index contributed by atoms with van der Waals surface area (Å²) in [6.45, 7) is 1.83. The van der Waals surface area contributed by atoms with Crippen LogP contribution in [-0.2, 0) is 4.79 Å². The van der Waals surface area contributed by atoms with Crippen LogP contribution in [0.2, 0.25) is 0 Å². The zero-order valence-electron chi connectivity index (χ0n) is 12.2. The maximum Gasteiger partial charge on any atom is 0.155 e. The highest BCUT2D eigenvalue weighted by atomic mass is 16.1. The van der Waals surface area contributed by atoms with Crippen molar-refractivity contribution in [1.29, 1.82) is 5.41 Å². The number of carbonyl (C=O) groups excluding carboxylic acids is 1. The van der Waals surface area contributed by atoms with Crippen LogP contribution in [0.5, 0.6) is 0 Å². The molecule has 1 aromatic heterocycles. The van der Waals surface area contributed by atoms with E-state index in [4.69, 9.17) is 11.1 Å². The Morgan fingerprint density at radius 1 is 1.45 bits per heavy atom. The molecule has 0 spiro atoms. The first kappa shape index (κ1) is 15.4. The van der Waals surface area contributed by atoms with Crippen molar-refractivity contribution in [3.05, 3.63) is 53.9 Å². The Morgan fingerprint density at radius 2 is 2.27 bits per heavy atom. The molecular weight excluding hydrogens is 278 g/mol. The summed E-state index contributed by atoms with van der Waals surface area (Å²) in [7, 11) is 0. The van der Waals surface area contributed by atoms with E-state index in [0.717, 1.165) is 11.8 Å². The van der Waals surface area contributed by atoms with E-state index in [1.54, 1.807) is 30.4 Å². The first-order valence-corrected chi connectivity index (χ1v) is 6.76. The molecule has 0 saturated carbocycles. The number of carbonyl (C=O) groups is 1. The zero-order chi connectivity index (χ0) is 15.9. The summed E-state index contributed by atoms with van der Waals surface area (Å²) in [6, 6.07) is 5.35. The smallest absolute Gasteiger partial charge is 0.155 e. The number of hydrogen-bond acceptors (Lipinski definition) is 5. The van der Waals surface area contributed by atoms with E-state index in [-0.39, 0.29) is 0 Å². The summed E-state index contributed by atoms with van der Waals surface area (Å²) >= 11 is 0. The van der Waals surface area contributed by atoms with E-state index >= 15 is 0 Å². The number of aromatic amines is 1. The predicted molar refractivity (Wildman–Crippen MR) is 86.6 cm³/mol. The van der Waals surface area contributed by atoms with Gasteiger partial charge in [-0.2, -0.15) is 5.10 Å². The highest BCUT2D eigenvalue weighted by Gasteiger charge is 2.09. The highest BCUT2D eigenvalue weighted by molar-refractivity contribution is 6.04. The van der Waals surface area contributed by atoms with Crippen LogP contribution in [0.4, 0.5) is 5.69 Å². The van der Waals surface area contributed by atoms with Gasteiger partial charge in [0.05, 0.1) is 0 Å². The van der Waals surface area contributed by atoms with Crippen molar-refractivity contribution in [3.8, 4) is 11.4 Å². The minimum atomic E-state index is 0.322. The van der Waals surface area contributed by atoms with Gasteiger partial charge in [-0.25, -0.2) is 4.98 Å². The van der Waals surface area contributed by atoms with Gasteiger partial charge < -0.3 is 11.1 Å². The van der Waals surface area contributed by atoms with E-state index in [0.29, 0.717) is 34.8 Å². The molecule has 0 unspecified atom stereocenters. The monoisotopic (exact) mass is 295 g/mol. The normalized spacial score (nSPS) is 11.8. The molecule has 1 heterocycles. The molecule has 2 rings (SSSR count). The first-order valence-electron chi connectivity index (χ1n) is 6.76. The minimum absolute atomic E-state index is 0.322. The third kappa shape index (κ3) is 3.54. The average molecular weight is 295 g/mol. The summed E-state index contributed by atoms with van der Waals surface area (Å²) in [5.74, 6) is 0.618. The first-order chi connectivity index (χ1) is 10.7. The van der Waals surface area contributed by atoms with Gasteiger partial charge in [0, 0.05) is 34.5 Å². The van der Waals surface area contributed by atoms with Crippen molar-refractivity contribution >= 4 is 17.7 Å². The molecule has 0 atom stereocenters. The van der Waals surface area contributed by atoms with E-state index in [1.807, 2.05) is 13.0 Å². The topological polar surface area (TPSA) is 109 Å². The Balaban J connectivity index is 2.26. The average Bonchev–Trinajstić information content (AvgIpc) is 3.06. The Kier molecular flexibility index (Phi) is 4.98. The largest absolute Gasteiger partial charge is 0.398 e. The van der Waals surface area contributed by atoms with E-state index in [9.17, 15) is 4.79 Å². The lowest BCUT2D eigenvalue weighted by molar-refractivity contribution is -0.104. The number of aromatic nitrogens is 3. The van der Waals surface area contributed by atoms with Gasteiger partial charge in [0.15, 0.2) is 5.82 Å². The van der Waals surface area contributed by atoms with Crippen molar-refractivity contribution in [2.24, 2.45) is 0 Å². The third-order valence-corrected chi connectivity index (χ3v) is 3.10. The molecule has 22 heavy (non-hydrogen) atoms. The van der Waals surface area contributed by atoms with Crippen molar-refractivity contribution in [1.82, 2.24) is 15.2 Å². The number of nitrogens with zero attached hydrogens (tertiary/aromatic N) is 2. The fraction of sp³-hybridized carbons (Fsp3) is 0.125. The van der Waals surface area contributed by atoms with Gasteiger partial charge >= 0.3 is 0 Å². The molecule has 0 saturated heterocycles. The van der Waals surface area contributed by atoms with Crippen LogP contribution in [0.3, 0.4) is 0 Å². The Morgan fingerprint density at radius 3 is 2.91 bits per heavy atom. The van der Waals surface area contributed by atoms with Crippen molar-refractivity contribution in [2.45, 2.75) is 13.3 Å². The summed E-state index contributed by atoms with van der Waals surface area (Å²) in [5, 5.41) is 14.8. The number of nitrogens with one attached hydrogen (secondary N) is 2. The fourth-order valence-corrected chi connectivity index (χ4v) is 1.99. The molecule has 0 aliphatic carbocycles. The standard InChI is InChI=1S/C16H17N5O/c1-2-3-11(9-22)4-6-14(17)13-8-12(5-7-15(13)18)16-19-10-20-21-16/h2-5,7-10,17H,6,18H2,1H3,(H,19,20,21)/b3-2-,11-4+,17-14?. The lowest BCUT2D eigenvalue weighted by Gasteiger charge is -2.08. The molecule has 1 aromatic carbocycles. The second-order valence-corrected chi connectivity index (χ2v) is 4.64. The number of anilines is 1. The minimum Gasteiger partial charge on any atom is -0.398 e. The second-order valence-electron chi connectivity index (χ2n) is 4.64. The van der Waals surface area contributed by atoms with Crippen LogP contribution >= 0.6 is 0 Å². The van der Waals surface area contributed by atoms with Gasteiger partial charge in [-0.05, 0) is 25.1 Å². The van der Waals surface area contributed by atoms with Gasteiger partial charge in [-0.1, -0.05) is 18.2 Å². The molecule has 0 fully saturated rings. The maximum atomic E-state index is 10.9. The maximum absolute atomic E-state index is 10.9. The number of allylic oxidation sites excluding steroid dienone is 4. The van der Waals surface area contributed by atoms with Gasteiger partial charge in [0.1, 0.15) is 12.6 Å². The molecule has 0 amide bonds. The van der Waals surface area contributed by atoms with Crippen LogP contribution in [0.15, 0.2) is 48.3 Å². The Hall–Kier alpha value is -3.02. The number of nitrogen functional groups attached to an aromatic ring is 1. The van der Waals surface area contributed by atoms with Crippen LogP contribution < -0.4 is 5.73 Å². The Bertz CT molecular complexity index is 729. The molecule has 0 aliphatic heterocycles. The fourth-order valence-electron chi connectivity index (χ4n) is 1.99. The molecule has 6 heteroatoms. The summed E-state index contributed by atoms with van der Waals surface area (Å²) in [6.07, 6.45) is 7.70. The molecule has 0 radical (unpaired) electrons. The van der Waals surface area contributed by atoms with Crippen molar-refractivity contribution < 1.29 is 4.79 Å². The van der Waals surface area contributed by atoms with Gasteiger partial charge in [0.2, 0.25) is 0 Å². The molecule has 2 aromatic rings. The van der Waals surface area contributed by atoms with Crippen LogP contribution in [0.25, 0.3) is 11.4 Å². The third-order valence-electron chi connectivity index (χ3n) is 3.10. The van der Waals surface area contributed by atoms with Gasteiger partial charge in [0.25, 0.3) is 0 Å². The SMILES string of the molecule is C/C=C\C(C=O)=C/CC(=N)c1cc(-c2ncn[nH]2)ccc1N. The number of H-pyrrole nitrogens is 1. The highest BCUT2D eigenvalue weighted by Crippen LogP contribution is 2.22. The van der Waals surface area contributed by atoms with Crippen LogP contribution in [0, 0.1) is 5.41 Å². The quantitative estimate of drug-likeness (QED) is 0.250. The summed E-state index contributed by atoms with van der Waals surface area (Å²) in [5.41, 5.74) is 8.77. The molecular formula is C16H17N5O.